The molecular formula is C63H112O6. The van der Waals surface area contributed by atoms with Gasteiger partial charge in [0.15, 0.2) is 6.10 Å². The number of esters is 3. The average molecular weight is 966 g/mol. The fraction of sp³-hybridized carbons (Fsp3) is 0.794. The Morgan fingerprint density at radius 2 is 0.522 bits per heavy atom. The van der Waals surface area contributed by atoms with Crippen LogP contribution in [0.2, 0.25) is 0 Å². The lowest BCUT2D eigenvalue weighted by Crippen LogP contribution is -2.30. The van der Waals surface area contributed by atoms with Gasteiger partial charge >= 0.3 is 17.9 Å². The Labute approximate surface area is 428 Å². The molecule has 0 aliphatic carbocycles. The van der Waals surface area contributed by atoms with E-state index in [1.807, 2.05) is 0 Å². The molecule has 0 bridgehead atoms. The Morgan fingerprint density at radius 1 is 0.290 bits per heavy atom. The molecule has 1 atom stereocenters. The summed E-state index contributed by atoms with van der Waals surface area (Å²) >= 11 is 0. The molecule has 0 rings (SSSR count). The van der Waals surface area contributed by atoms with Gasteiger partial charge in [0, 0.05) is 19.3 Å². The zero-order valence-electron chi connectivity index (χ0n) is 45.8. The van der Waals surface area contributed by atoms with Crippen LogP contribution in [-0.4, -0.2) is 37.2 Å². The molecule has 0 aliphatic heterocycles. The lowest BCUT2D eigenvalue weighted by atomic mass is 10.0. The van der Waals surface area contributed by atoms with Crippen molar-refractivity contribution in [3.05, 3.63) is 60.8 Å². The van der Waals surface area contributed by atoms with Gasteiger partial charge in [0.2, 0.25) is 0 Å². The predicted octanol–water partition coefficient (Wildman–Crippen LogP) is 20.0. The number of carbonyl (C=O) groups excluding carboxylic acids is 3. The molecule has 0 saturated heterocycles. The van der Waals surface area contributed by atoms with Crippen molar-refractivity contribution in [1.29, 1.82) is 0 Å². The van der Waals surface area contributed by atoms with Crippen molar-refractivity contribution < 1.29 is 28.6 Å². The second-order valence-corrected chi connectivity index (χ2v) is 19.9. The number of ether oxygens (including phenoxy) is 3. The molecule has 0 N–H and O–H groups in total. The topological polar surface area (TPSA) is 78.9 Å². The van der Waals surface area contributed by atoms with Crippen molar-refractivity contribution in [2.45, 2.75) is 309 Å². The molecule has 0 saturated carbocycles. The van der Waals surface area contributed by atoms with Crippen molar-refractivity contribution in [3.63, 3.8) is 0 Å². The number of rotatable bonds is 54. The second kappa shape index (κ2) is 57.7. The second-order valence-electron chi connectivity index (χ2n) is 19.9. The third-order valence-corrected chi connectivity index (χ3v) is 13.0. The van der Waals surface area contributed by atoms with Crippen LogP contribution in [0.25, 0.3) is 0 Å². The smallest absolute Gasteiger partial charge is 0.306 e. The van der Waals surface area contributed by atoms with Crippen LogP contribution in [0.15, 0.2) is 60.8 Å². The van der Waals surface area contributed by atoms with Crippen LogP contribution in [-0.2, 0) is 28.6 Å². The van der Waals surface area contributed by atoms with Gasteiger partial charge in [-0.05, 0) is 89.9 Å². The Kier molecular flexibility index (Phi) is 55.3. The van der Waals surface area contributed by atoms with Crippen LogP contribution >= 0.6 is 0 Å². The highest BCUT2D eigenvalue weighted by Crippen LogP contribution is 2.16. The molecule has 400 valence electrons. The van der Waals surface area contributed by atoms with Crippen LogP contribution in [0.4, 0.5) is 0 Å². The first-order valence-corrected chi connectivity index (χ1v) is 29.8. The maximum Gasteiger partial charge on any atom is 0.306 e. The molecule has 0 aromatic carbocycles. The Bertz CT molecular complexity index is 1250. The Balaban J connectivity index is 4.17. The molecule has 6 heteroatoms. The minimum absolute atomic E-state index is 0.0755. The third-order valence-electron chi connectivity index (χ3n) is 13.0. The monoisotopic (exact) mass is 965 g/mol. The normalized spacial score (nSPS) is 12.4. The molecular weight excluding hydrogens is 853 g/mol. The molecule has 1 unspecified atom stereocenters. The summed E-state index contributed by atoms with van der Waals surface area (Å²) in [7, 11) is 0. The van der Waals surface area contributed by atoms with Crippen LogP contribution in [0, 0.1) is 0 Å². The SMILES string of the molecule is CCCCC/C=C\C/C=C\CCCCCCCCCCCC(=O)OC(COC(=O)CCCCCCCCC)COC(=O)CCCCCCCCCCCC/C=C\C/C=C\C/C=C\CCCCCCC. The molecule has 0 amide bonds. The zero-order chi connectivity index (χ0) is 50.0. The maximum absolute atomic E-state index is 12.8. The standard InChI is InChI=1S/C63H112O6/c1-4-7-10-13-16-18-20-22-24-26-28-29-30-31-32-33-35-36-38-40-42-44-47-50-53-56-62(65)68-59-60(58-67-61(64)55-52-49-46-15-12-9-6-3)69-63(66)57-54-51-48-45-43-41-39-37-34-27-25-23-21-19-17-14-11-8-5-2/h17,19-20,22-23,25-26,28,30-31,60H,4-16,18,21,24,27,29,32-59H2,1-3H3/b19-17-,22-20-,25-23-,28-26-,31-30-. The van der Waals surface area contributed by atoms with Gasteiger partial charge < -0.3 is 14.2 Å². The molecule has 0 aliphatic rings. The Hall–Kier alpha value is -2.89. The summed E-state index contributed by atoms with van der Waals surface area (Å²) in [5.74, 6) is -0.880. The minimum atomic E-state index is -0.775. The van der Waals surface area contributed by atoms with Gasteiger partial charge in [0.1, 0.15) is 13.2 Å². The molecule has 0 aromatic heterocycles. The highest BCUT2D eigenvalue weighted by atomic mass is 16.6. The van der Waals surface area contributed by atoms with E-state index < -0.39 is 6.10 Å². The summed E-state index contributed by atoms with van der Waals surface area (Å²) in [6, 6.07) is 0. The molecule has 0 heterocycles. The Morgan fingerprint density at radius 3 is 0.841 bits per heavy atom. The van der Waals surface area contributed by atoms with Crippen LogP contribution < -0.4 is 0 Å². The molecule has 0 aromatic rings. The van der Waals surface area contributed by atoms with Crippen molar-refractivity contribution in [1.82, 2.24) is 0 Å². The van der Waals surface area contributed by atoms with Gasteiger partial charge in [-0.15, -0.1) is 0 Å². The fourth-order valence-corrected chi connectivity index (χ4v) is 8.48. The average Bonchev–Trinajstić information content (AvgIpc) is 3.35. The highest BCUT2D eigenvalue weighted by molar-refractivity contribution is 5.71. The van der Waals surface area contributed by atoms with E-state index in [4.69, 9.17) is 14.2 Å². The summed E-state index contributed by atoms with van der Waals surface area (Å²) in [6.45, 7) is 6.58. The van der Waals surface area contributed by atoms with E-state index in [-0.39, 0.29) is 31.1 Å². The van der Waals surface area contributed by atoms with E-state index in [1.54, 1.807) is 0 Å². The molecule has 69 heavy (non-hydrogen) atoms. The summed E-state index contributed by atoms with van der Waals surface area (Å²) < 4.78 is 16.8. The quantitative estimate of drug-likeness (QED) is 0.0262. The number of allylic oxidation sites excluding steroid dienone is 10. The van der Waals surface area contributed by atoms with Crippen molar-refractivity contribution in [3.8, 4) is 0 Å². The van der Waals surface area contributed by atoms with Gasteiger partial charge in [-0.25, -0.2) is 0 Å². The number of hydrogen-bond acceptors (Lipinski definition) is 6. The minimum Gasteiger partial charge on any atom is -0.462 e. The van der Waals surface area contributed by atoms with E-state index in [9.17, 15) is 14.4 Å². The van der Waals surface area contributed by atoms with E-state index in [0.717, 1.165) is 77.0 Å². The third kappa shape index (κ3) is 55.9. The summed E-state index contributed by atoms with van der Waals surface area (Å²) in [5.41, 5.74) is 0. The lowest BCUT2D eigenvalue weighted by Gasteiger charge is -2.18. The van der Waals surface area contributed by atoms with Gasteiger partial charge in [-0.2, -0.15) is 0 Å². The first-order valence-electron chi connectivity index (χ1n) is 29.8. The lowest BCUT2D eigenvalue weighted by molar-refractivity contribution is -0.167. The van der Waals surface area contributed by atoms with Gasteiger partial charge in [0.25, 0.3) is 0 Å². The summed E-state index contributed by atoms with van der Waals surface area (Å²) in [4.78, 5) is 38.0. The predicted molar refractivity (Wildman–Crippen MR) is 298 cm³/mol. The first-order chi connectivity index (χ1) is 34.0. The van der Waals surface area contributed by atoms with E-state index in [2.05, 4.69) is 81.5 Å². The van der Waals surface area contributed by atoms with Gasteiger partial charge in [0.05, 0.1) is 0 Å². The summed E-state index contributed by atoms with van der Waals surface area (Å²) in [5, 5.41) is 0. The van der Waals surface area contributed by atoms with Crippen LogP contribution in [0.5, 0.6) is 0 Å². The van der Waals surface area contributed by atoms with E-state index in [1.165, 1.54) is 186 Å². The van der Waals surface area contributed by atoms with Crippen molar-refractivity contribution in [2.75, 3.05) is 13.2 Å². The maximum atomic E-state index is 12.8. The number of hydrogen-bond donors (Lipinski definition) is 0. The van der Waals surface area contributed by atoms with Crippen molar-refractivity contribution in [2.24, 2.45) is 0 Å². The van der Waals surface area contributed by atoms with E-state index >= 15 is 0 Å². The van der Waals surface area contributed by atoms with Crippen LogP contribution in [0.1, 0.15) is 303 Å². The first kappa shape index (κ1) is 66.1. The van der Waals surface area contributed by atoms with Crippen LogP contribution in [0.3, 0.4) is 0 Å². The molecule has 0 radical (unpaired) electrons. The van der Waals surface area contributed by atoms with Gasteiger partial charge in [-0.1, -0.05) is 255 Å². The van der Waals surface area contributed by atoms with Crippen molar-refractivity contribution >= 4 is 17.9 Å². The highest BCUT2D eigenvalue weighted by Gasteiger charge is 2.19. The molecule has 0 spiro atoms. The number of carbonyl (C=O) groups is 3. The molecule has 6 nitrogen and oxygen atoms in total. The fourth-order valence-electron chi connectivity index (χ4n) is 8.48. The summed E-state index contributed by atoms with van der Waals surface area (Å²) in [6.07, 6.45) is 72.3. The largest absolute Gasteiger partial charge is 0.462 e. The van der Waals surface area contributed by atoms with E-state index in [0.29, 0.717) is 19.3 Å². The van der Waals surface area contributed by atoms with Gasteiger partial charge in [-0.3, -0.25) is 14.4 Å². The molecule has 0 fully saturated rings. The number of unbranched alkanes of at least 4 members (excludes halogenated alkanes) is 33. The zero-order valence-corrected chi connectivity index (χ0v) is 45.8.